The Kier molecular flexibility index (Phi) is 7.98. The van der Waals surface area contributed by atoms with Crippen LogP contribution in [0.1, 0.15) is 79.1 Å². The molecule has 12 rings (SSSR count). The highest BCUT2D eigenvalue weighted by Crippen LogP contribution is 2.65. The van der Waals surface area contributed by atoms with E-state index in [0.717, 1.165) is 22.6 Å². The molecule has 1 atom stereocenters. The van der Waals surface area contributed by atoms with Gasteiger partial charge >= 0.3 is 0 Å². The largest absolute Gasteiger partial charge is 0.310 e. The first-order valence-electron chi connectivity index (χ1n) is 22.4. The normalized spacial score (nSPS) is 18.2. The third-order valence-electron chi connectivity index (χ3n) is 15.0. The highest BCUT2D eigenvalue weighted by Gasteiger charge is 2.53. The van der Waals surface area contributed by atoms with Gasteiger partial charge in [-0.3, -0.25) is 0 Å². The zero-order valence-electron chi connectivity index (χ0n) is 36.6. The molecule has 8 aromatic carbocycles. The molecular weight excluding hydrogens is 759 g/mol. The molecule has 0 radical (unpaired) electrons. The Morgan fingerprint density at radius 3 is 1.48 bits per heavy atom. The molecule has 0 aromatic heterocycles. The van der Waals surface area contributed by atoms with Crippen molar-refractivity contribution < 1.29 is 0 Å². The highest BCUT2D eigenvalue weighted by molar-refractivity contribution is 6.03. The van der Waals surface area contributed by atoms with E-state index < -0.39 is 5.41 Å². The van der Waals surface area contributed by atoms with Crippen molar-refractivity contribution in [3.8, 4) is 44.5 Å². The van der Waals surface area contributed by atoms with Crippen molar-refractivity contribution in [3.63, 3.8) is 0 Å². The number of hydrogen-bond acceptors (Lipinski definition) is 1. The molecule has 0 fully saturated rings. The lowest BCUT2D eigenvalue weighted by Crippen LogP contribution is -2.26. The molecule has 4 aliphatic rings. The quantitative estimate of drug-likeness (QED) is 0.167. The van der Waals surface area contributed by atoms with Gasteiger partial charge in [0.05, 0.1) is 5.41 Å². The molecule has 0 N–H and O–H groups in total. The molecule has 0 saturated carbocycles. The van der Waals surface area contributed by atoms with Crippen LogP contribution in [0.4, 0.5) is 17.1 Å². The molecule has 8 aromatic rings. The fourth-order valence-corrected chi connectivity index (χ4v) is 12.1. The van der Waals surface area contributed by atoms with Crippen LogP contribution < -0.4 is 4.90 Å². The van der Waals surface area contributed by atoms with Gasteiger partial charge < -0.3 is 4.90 Å². The summed E-state index contributed by atoms with van der Waals surface area (Å²) < 4.78 is 0. The smallest absolute Gasteiger partial charge is 0.0725 e. The monoisotopic (exact) mass is 807 g/mol. The summed E-state index contributed by atoms with van der Waals surface area (Å²) in [4.78, 5) is 2.50. The van der Waals surface area contributed by atoms with Gasteiger partial charge in [0.1, 0.15) is 0 Å². The van der Waals surface area contributed by atoms with E-state index in [9.17, 15) is 0 Å². The second-order valence-corrected chi connectivity index (χ2v) is 18.8. The molecule has 0 amide bonds. The molecule has 4 aliphatic carbocycles. The summed E-state index contributed by atoms with van der Waals surface area (Å²) in [6.45, 7) is 16.3. The Hall–Kier alpha value is -7.22. The Morgan fingerprint density at radius 1 is 0.413 bits per heavy atom. The molecular formula is C62H49N. The van der Waals surface area contributed by atoms with E-state index in [2.05, 4.69) is 234 Å². The van der Waals surface area contributed by atoms with Crippen LogP contribution in [0.2, 0.25) is 0 Å². The molecule has 1 spiro atoms. The number of benzene rings is 8. The number of rotatable bonds is 5. The Balaban J connectivity index is 1.07. The van der Waals surface area contributed by atoms with Gasteiger partial charge in [-0.2, -0.15) is 0 Å². The van der Waals surface area contributed by atoms with E-state index in [-0.39, 0.29) is 10.8 Å². The van der Waals surface area contributed by atoms with Crippen molar-refractivity contribution in [2.24, 2.45) is 0 Å². The highest BCUT2D eigenvalue weighted by atomic mass is 15.1. The van der Waals surface area contributed by atoms with E-state index in [4.69, 9.17) is 6.58 Å². The van der Waals surface area contributed by atoms with Crippen molar-refractivity contribution in [1.29, 1.82) is 0 Å². The fraction of sp³-hybridized carbons (Fsp3) is 0.129. The number of fused-ring (bicyclic) bond motifs is 13. The fourth-order valence-electron chi connectivity index (χ4n) is 12.1. The average molecular weight is 808 g/mol. The topological polar surface area (TPSA) is 3.24 Å². The van der Waals surface area contributed by atoms with Crippen molar-refractivity contribution >= 4 is 22.6 Å². The van der Waals surface area contributed by atoms with Gasteiger partial charge in [0.15, 0.2) is 0 Å². The van der Waals surface area contributed by atoms with Gasteiger partial charge in [-0.05, 0) is 143 Å². The molecule has 0 bridgehead atoms. The third-order valence-corrected chi connectivity index (χ3v) is 15.0. The van der Waals surface area contributed by atoms with Crippen LogP contribution in [0.5, 0.6) is 0 Å². The molecule has 0 heterocycles. The molecule has 0 saturated heterocycles. The minimum Gasteiger partial charge on any atom is -0.310 e. The molecule has 1 heteroatoms. The summed E-state index contributed by atoms with van der Waals surface area (Å²) in [5.41, 5.74) is 26.0. The second kappa shape index (κ2) is 13.4. The number of anilines is 3. The van der Waals surface area contributed by atoms with Crippen LogP contribution >= 0.6 is 0 Å². The van der Waals surface area contributed by atoms with Gasteiger partial charge in [-0.15, -0.1) is 0 Å². The lowest BCUT2D eigenvalue weighted by atomic mass is 9.70. The minimum absolute atomic E-state index is 0.130. The van der Waals surface area contributed by atoms with E-state index in [1.54, 1.807) is 0 Å². The lowest BCUT2D eigenvalue weighted by Gasteiger charge is -2.31. The number of hydrogen-bond donors (Lipinski definition) is 0. The Morgan fingerprint density at radius 2 is 0.873 bits per heavy atom. The summed E-state index contributed by atoms with van der Waals surface area (Å²) in [6.07, 6.45) is 6.59. The Labute approximate surface area is 372 Å². The SMILES string of the molecule is C=C1/C(=C\C=C/C)C2(c3ccccc31)c1ccccc1-c1c(-c3cccc(N(c4ccc5c(c4)C(C)(C)c4ccccc4-5)c4ccc5c(c4)C(C)(C)c4ccccc4-5)c3)cccc12. The van der Waals surface area contributed by atoms with Gasteiger partial charge in [0, 0.05) is 27.9 Å². The Bertz CT molecular complexity index is 3220. The molecule has 0 aliphatic heterocycles. The first-order valence-corrected chi connectivity index (χ1v) is 22.4. The van der Waals surface area contributed by atoms with Gasteiger partial charge in [0.25, 0.3) is 0 Å². The molecule has 1 unspecified atom stereocenters. The minimum atomic E-state index is -0.470. The predicted molar refractivity (Wildman–Crippen MR) is 265 cm³/mol. The summed E-state index contributed by atoms with van der Waals surface area (Å²) in [7, 11) is 0. The van der Waals surface area contributed by atoms with Crippen molar-refractivity contribution in [1.82, 2.24) is 0 Å². The van der Waals surface area contributed by atoms with Crippen LogP contribution in [-0.2, 0) is 16.2 Å². The molecule has 302 valence electrons. The maximum Gasteiger partial charge on any atom is 0.0725 e. The van der Waals surface area contributed by atoms with Crippen molar-refractivity contribution in [2.45, 2.75) is 50.9 Å². The van der Waals surface area contributed by atoms with E-state index in [1.807, 2.05) is 0 Å². The van der Waals surface area contributed by atoms with E-state index in [0.29, 0.717) is 0 Å². The van der Waals surface area contributed by atoms with Crippen molar-refractivity contribution in [2.75, 3.05) is 4.90 Å². The second-order valence-electron chi connectivity index (χ2n) is 18.8. The molecule has 63 heavy (non-hydrogen) atoms. The van der Waals surface area contributed by atoms with Gasteiger partial charge in [0.2, 0.25) is 0 Å². The van der Waals surface area contributed by atoms with Crippen LogP contribution in [0.25, 0.3) is 50.1 Å². The van der Waals surface area contributed by atoms with Gasteiger partial charge in [-0.25, -0.2) is 0 Å². The van der Waals surface area contributed by atoms with Gasteiger partial charge in [-0.1, -0.05) is 192 Å². The predicted octanol–water partition coefficient (Wildman–Crippen LogP) is 16.3. The number of nitrogens with zero attached hydrogens (tertiary/aromatic N) is 1. The average Bonchev–Trinajstić information content (AvgIpc) is 3.92. The summed E-state index contributed by atoms with van der Waals surface area (Å²) >= 11 is 0. The third kappa shape index (κ3) is 5.00. The summed E-state index contributed by atoms with van der Waals surface area (Å²) in [5, 5.41) is 0. The lowest BCUT2D eigenvalue weighted by molar-refractivity contribution is 0.660. The van der Waals surface area contributed by atoms with Crippen LogP contribution in [-0.4, -0.2) is 0 Å². The zero-order chi connectivity index (χ0) is 42.8. The first-order chi connectivity index (χ1) is 30.7. The van der Waals surface area contributed by atoms with E-state index >= 15 is 0 Å². The summed E-state index contributed by atoms with van der Waals surface area (Å²) in [5.74, 6) is 0. The van der Waals surface area contributed by atoms with Crippen LogP contribution in [0, 0.1) is 0 Å². The van der Waals surface area contributed by atoms with E-state index in [1.165, 1.54) is 94.6 Å². The van der Waals surface area contributed by atoms with Crippen LogP contribution in [0.15, 0.2) is 206 Å². The zero-order valence-corrected chi connectivity index (χ0v) is 36.6. The van der Waals surface area contributed by atoms with Crippen molar-refractivity contribution in [3.05, 3.63) is 251 Å². The first kappa shape index (κ1) is 37.5. The number of allylic oxidation sites excluding steroid dienone is 5. The standard InChI is InChI=1S/C62H49N/c1-7-8-26-51-39(2)44-21-9-15-29-54(44)62(51)55-30-16-12-24-50(55)59-45(25-18-31-56(59)62)40-19-17-20-41(36-40)63(42-32-34-48-46-22-10-13-27-52(46)60(3,4)57(48)37-42)43-33-35-49-47-23-11-14-28-53(47)61(5,6)58(49)38-43/h7-38H,2H2,1,3-6H3/b8-7-,51-26+. The summed E-state index contributed by atoms with van der Waals surface area (Å²) in [6, 6.07) is 66.3. The molecule has 1 nitrogen and oxygen atoms in total. The maximum atomic E-state index is 4.74. The maximum absolute atomic E-state index is 4.74. The van der Waals surface area contributed by atoms with Crippen LogP contribution in [0.3, 0.4) is 0 Å².